The fourth-order valence-electron chi connectivity index (χ4n) is 3.18. The number of rotatable bonds is 9. The Hall–Kier alpha value is -2.16. The number of thiocarbonyl (C=S) groups is 1. The van der Waals surface area contributed by atoms with E-state index in [0.29, 0.717) is 27.1 Å². The van der Waals surface area contributed by atoms with Crippen molar-refractivity contribution in [1.82, 2.24) is 4.90 Å². The monoisotopic (exact) mass is 533 g/mol. The Bertz CT molecular complexity index is 1030. The molecule has 0 aromatic heterocycles. The Balaban J connectivity index is 1.95. The molecule has 1 atom stereocenters. The van der Waals surface area contributed by atoms with Crippen molar-refractivity contribution in [2.75, 3.05) is 13.2 Å². The van der Waals surface area contributed by atoms with Crippen LogP contribution in [0.25, 0.3) is 6.08 Å². The van der Waals surface area contributed by atoms with Crippen molar-refractivity contribution in [2.24, 2.45) is 0 Å². The normalized spacial score (nSPS) is 15.8. The van der Waals surface area contributed by atoms with Gasteiger partial charge in [0.2, 0.25) is 0 Å². The van der Waals surface area contributed by atoms with Gasteiger partial charge in [-0.15, -0.1) is 0 Å². The highest BCUT2D eigenvalue weighted by Gasteiger charge is 2.42. The van der Waals surface area contributed by atoms with Crippen LogP contribution >= 0.6 is 39.9 Å². The summed E-state index contributed by atoms with van der Waals surface area (Å²) in [5, 5.41) is 0. The molecule has 1 aliphatic rings. The number of halogens is 1. The summed E-state index contributed by atoms with van der Waals surface area (Å²) in [6.07, 6.45) is 3.73. The molecule has 1 amide bonds. The molecule has 1 unspecified atom stereocenters. The summed E-state index contributed by atoms with van der Waals surface area (Å²) in [6, 6.07) is 13.8. The Morgan fingerprint density at radius 2 is 1.97 bits per heavy atom. The third-order valence-electron chi connectivity index (χ3n) is 4.72. The number of carbonyl (C=O) groups is 2. The first kappa shape index (κ1) is 24.5. The molecule has 0 bridgehead atoms. The van der Waals surface area contributed by atoms with Gasteiger partial charge in [-0.3, -0.25) is 9.69 Å². The molecule has 0 aliphatic carbocycles. The fourth-order valence-corrected chi connectivity index (χ4v) is 4.86. The van der Waals surface area contributed by atoms with Crippen LogP contribution < -0.4 is 4.74 Å². The fraction of sp³-hybridized carbons (Fsp3) is 0.292. The smallest absolute Gasteiger partial charge is 0.333 e. The molecule has 0 saturated carbocycles. The summed E-state index contributed by atoms with van der Waals surface area (Å²) in [5.41, 5.74) is 1.41. The second-order valence-electron chi connectivity index (χ2n) is 7.00. The lowest BCUT2D eigenvalue weighted by molar-refractivity contribution is -0.151. The zero-order valence-electron chi connectivity index (χ0n) is 17.9. The molecule has 1 saturated heterocycles. The van der Waals surface area contributed by atoms with Crippen LogP contribution in [0.5, 0.6) is 5.75 Å². The predicted octanol–water partition coefficient (Wildman–Crippen LogP) is 6.13. The predicted molar refractivity (Wildman–Crippen MR) is 135 cm³/mol. The zero-order chi connectivity index (χ0) is 23.1. The zero-order valence-corrected chi connectivity index (χ0v) is 21.1. The van der Waals surface area contributed by atoms with E-state index in [1.165, 1.54) is 16.7 Å². The average molecular weight is 534 g/mol. The second kappa shape index (κ2) is 11.6. The molecule has 0 N–H and O–H groups in total. The van der Waals surface area contributed by atoms with E-state index in [1.807, 2.05) is 36.4 Å². The van der Waals surface area contributed by atoms with E-state index < -0.39 is 12.0 Å². The van der Waals surface area contributed by atoms with Crippen LogP contribution in [0, 0.1) is 0 Å². The minimum absolute atomic E-state index is 0.212. The molecule has 1 fully saturated rings. The van der Waals surface area contributed by atoms with Crippen molar-refractivity contribution in [2.45, 2.75) is 32.7 Å². The van der Waals surface area contributed by atoms with Crippen molar-refractivity contribution in [3.63, 3.8) is 0 Å². The van der Waals surface area contributed by atoms with Gasteiger partial charge in [0.05, 0.1) is 18.1 Å². The van der Waals surface area contributed by atoms with Crippen LogP contribution in [0.2, 0.25) is 0 Å². The molecule has 32 heavy (non-hydrogen) atoms. The number of thioether (sulfide) groups is 1. The topological polar surface area (TPSA) is 55.8 Å². The first-order valence-corrected chi connectivity index (χ1v) is 12.4. The van der Waals surface area contributed by atoms with E-state index in [2.05, 4.69) is 22.9 Å². The van der Waals surface area contributed by atoms with E-state index in [4.69, 9.17) is 21.7 Å². The minimum Gasteiger partial charge on any atom is -0.493 e. The minimum atomic E-state index is -0.933. The molecule has 1 aliphatic heterocycles. The van der Waals surface area contributed by atoms with Crippen molar-refractivity contribution >= 4 is 62.2 Å². The Morgan fingerprint density at radius 1 is 1.22 bits per heavy atom. The van der Waals surface area contributed by atoms with Crippen molar-refractivity contribution in [3.05, 3.63) is 69.0 Å². The Kier molecular flexibility index (Phi) is 8.90. The highest BCUT2D eigenvalue weighted by Crippen LogP contribution is 2.40. The van der Waals surface area contributed by atoms with Gasteiger partial charge in [0, 0.05) is 10.0 Å². The van der Waals surface area contributed by atoms with E-state index in [9.17, 15) is 9.59 Å². The van der Waals surface area contributed by atoms with Gasteiger partial charge in [0.1, 0.15) is 10.1 Å². The molecule has 0 spiro atoms. The summed E-state index contributed by atoms with van der Waals surface area (Å²) in [4.78, 5) is 28.0. The highest BCUT2D eigenvalue weighted by molar-refractivity contribution is 9.10. The van der Waals surface area contributed by atoms with Crippen LogP contribution in [0.3, 0.4) is 0 Å². The summed E-state index contributed by atoms with van der Waals surface area (Å²) >= 11 is 10.2. The number of hydrogen-bond donors (Lipinski definition) is 0. The van der Waals surface area contributed by atoms with E-state index in [1.54, 1.807) is 25.1 Å². The van der Waals surface area contributed by atoms with Crippen LogP contribution in [0.4, 0.5) is 0 Å². The van der Waals surface area contributed by atoms with Gasteiger partial charge in [-0.25, -0.2) is 4.79 Å². The molecule has 2 aromatic rings. The molecular weight excluding hydrogens is 510 g/mol. The highest BCUT2D eigenvalue weighted by atomic mass is 79.9. The molecule has 1 heterocycles. The first-order valence-electron chi connectivity index (χ1n) is 10.4. The van der Waals surface area contributed by atoms with E-state index in [-0.39, 0.29) is 12.5 Å². The summed E-state index contributed by atoms with van der Waals surface area (Å²) in [6.45, 7) is 4.64. The largest absolute Gasteiger partial charge is 0.493 e. The molecule has 2 aromatic carbocycles. The molecule has 3 rings (SSSR count). The maximum Gasteiger partial charge on any atom is 0.333 e. The van der Waals surface area contributed by atoms with Gasteiger partial charge in [0.25, 0.3) is 5.91 Å². The number of amides is 1. The van der Waals surface area contributed by atoms with Gasteiger partial charge in [-0.1, -0.05) is 83.6 Å². The number of nitrogens with zero attached hydrogens (tertiary/aromatic N) is 1. The molecule has 0 radical (unpaired) electrons. The molecular formula is C24H24BrNO4S2. The van der Waals surface area contributed by atoms with Crippen molar-refractivity contribution in [1.29, 1.82) is 0 Å². The van der Waals surface area contributed by atoms with E-state index >= 15 is 0 Å². The molecule has 168 valence electrons. The SMILES string of the molecule is CCCCOc1ccc(Br)cc1/C=C1/SC(=S)N(C(C(=O)OCC)c2ccccc2)C1=O. The average Bonchev–Trinajstić information content (AvgIpc) is 3.04. The summed E-state index contributed by atoms with van der Waals surface area (Å²) in [5.74, 6) is -0.152. The third-order valence-corrected chi connectivity index (χ3v) is 6.54. The summed E-state index contributed by atoms with van der Waals surface area (Å²) in [7, 11) is 0. The van der Waals surface area contributed by atoms with Crippen LogP contribution in [-0.2, 0) is 14.3 Å². The maximum atomic E-state index is 13.4. The number of hydrogen-bond acceptors (Lipinski definition) is 6. The lowest BCUT2D eigenvalue weighted by Crippen LogP contribution is -2.38. The number of esters is 1. The lowest BCUT2D eigenvalue weighted by atomic mass is 10.1. The number of benzene rings is 2. The lowest BCUT2D eigenvalue weighted by Gasteiger charge is -2.25. The quantitative estimate of drug-likeness (QED) is 0.167. The number of unbranched alkanes of at least 4 members (excludes halogenated alkanes) is 1. The van der Waals surface area contributed by atoms with Crippen LogP contribution in [-0.4, -0.2) is 34.3 Å². The Labute approximate surface area is 206 Å². The standard InChI is InChI=1S/C24H24BrNO4S2/c1-3-5-13-30-19-12-11-18(25)14-17(19)15-20-22(27)26(24(31)32-20)21(23(28)29-4-2)16-9-7-6-8-10-16/h6-12,14-15,21H,3-5,13H2,1-2H3/b20-15+. The van der Waals surface area contributed by atoms with Gasteiger partial charge in [-0.2, -0.15) is 0 Å². The van der Waals surface area contributed by atoms with Crippen molar-refractivity contribution in [3.8, 4) is 5.75 Å². The third kappa shape index (κ3) is 5.79. The van der Waals surface area contributed by atoms with Gasteiger partial charge in [0.15, 0.2) is 6.04 Å². The first-order chi connectivity index (χ1) is 15.5. The molecule has 8 heteroatoms. The maximum absolute atomic E-state index is 13.4. The van der Waals surface area contributed by atoms with Gasteiger partial charge in [-0.05, 0) is 43.2 Å². The van der Waals surface area contributed by atoms with Gasteiger partial charge < -0.3 is 9.47 Å². The Morgan fingerprint density at radius 3 is 2.66 bits per heavy atom. The van der Waals surface area contributed by atoms with E-state index in [0.717, 1.165) is 22.9 Å². The second-order valence-corrected chi connectivity index (χ2v) is 9.59. The van der Waals surface area contributed by atoms with Crippen LogP contribution in [0.15, 0.2) is 57.9 Å². The molecule has 5 nitrogen and oxygen atoms in total. The summed E-state index contributed by atoms with van der Waals surface area (Å²) < 4.78 is 12.4. The van der Waals surface area contributed by atoms with Gasteiger partial charge >= 0.3 is 5.97 Å². The number of carbonyl (C=O) groups excluding carboxylic acids is 2. The van der Waals surface area contributed by atoms with Crippen molar-refractivity contribution < 1.29 is 19.1 Å². The number of ether oxygens (including phenoxy) is 2. The van der Waals surface area contributed by atoms with Crippen LogP contribution in [0.1, 0.15) is 43.9 Å².